The molecule has 0 N–H and O–H groups in total. The maximum Gasteiger partial charge on any atom is 0.0971 e. The molecule has 0 amide bonds. The van der Waals surface area contributed by atoms with E-state index in [0.717, 1.165) is 10.0 Å². The first kappa shape index (κ1) is 11.0. The zero-order valence-electron chi connectivity index (χ0n) is 7.83. The average molecular weight is 252 g/mol. The Morgan fingerprint density at radius 2 is 2.29 bits per heavy atom. The lowest BCUT2D eigenvalue weighted by molar-refractivity contribution is 0.229. The highest BCUT2D eigenvalue weighted by atomic mass is 79.9. The second-order valence-corrected chi connectivity index (χ2v) is 3.59. The molecule has 3 heteroatoms. The number of ether oxygens (including phenoxy) is 1. The van der Waals surface area contributed by atoms with Gasteiger partial charge >= 0.3 is 0 Å². The lowest BCUT2D eigenvalue weighted by Gasteiger charge is -1.99. The van der Waals surface area contributed by atoms with Gasteiger partial charge in [0.2, 0.25) is 0 Å². The van der Waals surface area contributed by atoms with Gasteiger partial charge in [0.15, 0.2) is 0 Å². The highest BCUT2D eigenvalue weighted by molar-refractivity contribution is 9.10. The highest BCUT2D eigenvalue weighted by Gasteiger charge is 1.98. The van der Waals surface area contributed by atoms with Crippen LogP contribution in [-0.4, -0.2) is 13.7 Å². The largest absolute Gasteiger partial charge is 0.379 e. The molecule has 14 heavy (non-hydrogen) atoms. The van der Waals surface area contributed by atoms with Crippen LogP contribution in [0.2, 0.25) is 0 Å². The molecule has 72 valence electrons. The molecule has 2 nitrogen and oxygen atoms in total. The number of benzene rings is 1. The number of nitriles is 1. The van der Waals surface area contributed by atoms with Gasteiger partial charge in [-0.3, -0.25) is 0 Å². The van der Waals surface area contributed by atoms with E-state index >= 15 is 0 Å². The quantitative estimate of drug-likeness (QED) is 0.774. The maximum atomic E-state index is 8.80. The summed E-state index contributed by atoms with van der Waals surface area (Å²) >= 11 is 3.41. The van der Waals surface area contributed by atoms with Crippen LogP contribution in [0.4, 0.5) is 0 Å². The fourth-order valence-electron chi connectivity index (χ4n) is 1.04. The minimum absolute atomic E-state index is 0.345. The van der Waals surface area contributed by atoms with Crippen LogP contribution in [0.5, 0.6) is 0 Å². The van der Waals surface area contributed by atoms with E-state index < -0.39 is 0 Å². The van der Waals surface area contributed by atoms with Crippen LogP contribution in [0.15, 0.2) is 34.3 Å². The summed E-state index contributed by atoms with van der Waals surface area (Å²) in [6, 6.07) is 9.84. The molecule has 0 radical (unpaired) electrons. The standard InChI is InChI=1S/C11H10BrNO/c1-14-8-9(7-13)6-10-4-2-3-5-11(10)12/h2-6H,8H2,1H3/b9-6-. The minimum atomic E-state index is 0.345. The summed E-state index contributed by atoms with van der Waals surface area (Å²) in [5.74, 6) is 0. The molecule has 0 saturated heterocycles. The van der Waals surface area contributed by atoms with Crippen molar-refractivity contribution in [3.63, 3.8) is 0 Å². The summed E-state index contributed by atoms with van der Waals surface area (Å²) in [7, 11) is 1.57. The molecule has 1 rings (SSSR count). The molecular weight excluding hydrogens is 242 g/mol. The third-order valence-corrected chi connectivity index (χ3v) is 2.40. The Balaban J connectivity index is 2.96. The Bertz CT molecular complexity index is 379. The van der Waals surface area contributed by atoms with E-state index in [4.69, 9.17) is 10.00 Å². The van der Waals surface area contributed by atoms with E-state index in [0.29, 0.717) is 12.2 Å². The predicted octanol–water partition coefficient (Wildman–Crippen LogP) is 3.00. The van der Waals surface area contributed by atoms with Crippen molar-refractivity contribution in [2.45, 2.75) is 0 Å². The summed E-state index contributed by atoms with van der Waals surface area (Å²) in [4.78, 5) is 0. The zero-order valence-corrected chi connectivity index (χ0v) is 9.41. The van der Waals surface area contributed by atoms with Crippen LogP contribution in [0.25, 0.3) is 6.08 Å². The van der Waals surface area contributed by atoms with Crippen molar-refractivity contribution < 1.29 is 4.74 Å². The van der Waals surface area contributed by atoms with E-state index in [-0.39, 0.29) is 0 Å². The summed E-state index contributed by atoms with van der Waals surface area (Å²) in [5.41, 5.74) is 1.60. The van der Waals surface area contributed by atoms with Crippen LogP contribution >= 0.6 is 15.9 Å². The van der Waals surface area contributed by atoms with E-state index in [9.17, 15) is 0 Å². The fourth-order valence-corrected chi connectivity index (χ4v) is 1.44. The van der Waals surface area contributed by atoms with Gasteiger partial charge in [-0.25, -0.2) is 0 Å². The Morgan fingerprint density at radius 1 is 1.57 bits per heavy atom. The number of rotatable bonds is 3. The van der Waals surface area contributed by atoms with Crippen LogP contribution in [0.1, 0.15) is 5.56 Å². The SMILES string of the molecule is COC/C(C#N)=C\c1ccccc1Br. The Kier molecular flexibility index (Phi) is 4.37. The summed E-state index contributed by atoms with van der Waals surface area (Å²) in [5, 5.41) is 8.80. The summed E-state index contributed by atoms with van der Waals surface area (Å²) in [6.45, 7) is 0.345. The van der Waals surface area contributed by atoms with Gasteiger partial charge in [-0.05, 0) is 17.7 Å². The second kappa shape index (κ2) is 5.58. The fraction of sp³-hybridized carbons (Fsp3) is 0.182. The number of methoxy groups -OCH3 is 1. The third kappa shape index (κ3) is 2.99. The van der Waals surface area contributed by atoms with E-state index in [1.165, 1.54) is 0 Å². The van der Waals surface area contributed by atoms with Crippen molar-refractivity contribution in [2.75, 3.05) is 13.7 Å². The Labute approximate surface area is 91.9 Å². The molecule has 0 heterocycles. The summed E-state index contributed by atoms with van der Waals surface area (Å²) < 4.78 is 5.88. The number of nitrogens with zero attached hydrogens (tertiary/aromatic N) is 1. The first-order chi connectivity index (χ1) is 6.77. The molecule has 0 fully saturated rings. The van der Waals surface area contributed by atoms with Crippen LogP contribution in [-0.2, 0) is 4.74 Å². The molecule has 0 aliphatic carbocycles. The lowest BCUT2D eigenvalue weighted by atomic mass is 10.1. The van der Waals surface area contributed by atoms with Gasteiger partial charge in [-0.15, -0.1) is 0 Å². The molecular formula is C11H10BrNO. The van der Waals surface area contributed by atoms with Crippen molar-refractivity contribution in [1.82, 2.24) is 0 Å². The number of hydrogen-bond acceptors (Lipinski definition) is 2. The molecule has 0 saturated carbocycles. The Morgan fingerprint density at radius 3 is 2.86 bits per heavy atom. The Hall–Kier alpha value is -1.11. The second-order valence-electron chi connectivity index (χ2n) is 2.74. The number of halogens is 1. The number of hydrogen-bond donors (Lipinski definition) is 0. The van der Waals surface area contributed by atoms with Gasteiger partial charge in [-0.1, -0.05) is 34.1 Å². The molecule has 0 aliphatic heterocycles. The van der Waals surface area contributed by atoms with Gasteiger partial charge in [0.25, 0.3) is 0 Å². The van der Waals surface area contributed by atoms with Crippen molar-refractivity contribution >= 4 is 22.0 Å². The van der Waals surface area contributed by atoms with Gasteiger partial charge in [-0.2, -0.15) is 5.26 Å². The van der Waals surface area contributed by atoms with E-state index in [1.54, 1.807) is 7.11 Å². The molecule has 0 spiro atoms. The van der Waals surface area contributed by atoms with Gasteiger partial charge in [0, 0.05) is 11.6 Å². The highest BCUT2D eigenvalue weighted by Crippen LogP contribution is 2.18. The molecule has 0 bridgehead atoms. The normalized spacial score (nSPS) is 11.1. The van der Waals surface area contributed by atoms with Crippen LogP contribution in [0, 0.1) is 11.3 Å². The molecule has 1 aromatic carbocycles. The van der Waals surface area contributed by atoms with Crippen LogP contribution < -0.4 is 0 Å². The third-order valence-electron chi connectivity index (χ3n) is 1.68. The maximum absolute atomic E-state index is 8.80. The molecule has 0 unspecified atom stereocenters. The minimum Gasteiger partial charge on any atom is -0.379 e. The first-order valence-electron chi connectivity index (χ1n) is 4.12. The molecule has 0 atom stereocenters. The monoisotopic (exact) mass is 251 g/mol. The zero-order chi connectivity index (χ0) is 10.4. The average Bonchev–Trinajstić information content (AvgIpc) is 2.20. The van der Waals surface area contributed by atoms with Gasteiger partial charge in [0.05, 0.1) is 18.2 Å². The molecule has 0 aliphatic rings. The van der Waals surface area contributed by atoms with E-state index in [2.05, 4.69) is 22.0 Å². The first-order valence-corrected chi connectivity index (χ1v) is 4.91. The predicted molar refractivity (Wildman–Crippen MR) is 59.6 cm³/mol. The van der Waals surface area contributed by atoms with Gasteiger partial charge in [0.1, 0.15) is 0 Å². The molecule has 0 aromatic heterocycles. The lowest BCUT2D eigenvalue weighted by Crippen LogP contribution is -1.91. The summed E-state index contributed by atoms with van der Waals surface area (Å²) in [6.07, 6.45) is 1.81. The van der Waals surface area contributed by atoms with Crippen molar-refractivity contribution in [3.8, 4) is 6.07 Å². The van der Waals surface area contributed by atoms with Crippen molar-refractivity contribution in [1.29, 1.82) is 5.26 Å². The molecule has 1 aromatic rings. The van der Waals surface area contributed by atoms with Gasteiger partial charge < -0.3 is 4.74 Å². The van der Waals surface area contributed by atoms with Crippen molar-refractivity contribution in [3.05, 3.63) is 39.9 Å². The van der Waals surface area contributed by atoms with Crippen LogP contribution in [0.3, 0.4) is 0 Å². The topological polar surface area (TPSA) is 33.0 Å². The van der Waals surface area contributed by atoms with Crippen molar-refractivity contribution in [2.24, 2.45) is 0 Å². The van der Waals surface area contributed by atoms with E-state index in [1.807, 2.05) is 30.3 Å². The smallest absolute Gasteiger partial charge is 0.0971 e.